The molecule has 2 fully saturated rings. The molecule has 6 nitrogen and oxygen atoms in total. The molecule has 4 heterocycles. The largest absolute Gasteiger partial charge is 0.470 e. The number of ether oxygens (including phenoxy) is 3. The molecule has 0 aliphatic carbocycles. The number of aliphatic hydroxyl groups excluding tert-OH is 1. The summed E-state index contributed by atoms with van der Waals surface area (Å²) in [6.07, 6.45) is -1.67. The van der Waals surface area contributed by atoms with E-state index in [0.29, 0.717) is 29.1 Å². The van der Waals surface area contributed by atoms with Crippen LogP contribution in [0.3, 0.4) is 0 Å². The van der Waals surface area contributed by atoms with Gasteiger partial charge >= 0.3 is 0 Å². The quantitative estimate of drug-likeness (QED) is 0.511. The van der Waals surface area contributed by atoms with Gasteiger partial charge in [0.05, 0.1) is 24.2 Å². The van der Waals surface area contributed by atoms with Crippen LogP contribution in [0.25, 0.3) is 33.4 Å². The van der Waals surface area contributed by atoms with Gasteiger partial charge in [0, 0.05) is 17.7 Å². The lowest BCUT2D eigenvalue weighted by molar-refractivity contribution is 0.00794. The Hall–Kier alpha value is -3.26. The molecule has 4 aromatic rings. The number of halogens is 1. The number of nitrogens with zero attached hydrogens (tertiary/aromatic N) is 1. The third kappa shape index (κ3) is 3.35. The molecule has 2 aliphatic heterocycles. The van der Waals surface area contributed by atoms with Gasteiger partial charge in [0.2, 0.25) is 0 Å². The summed E-state index contributed by atoms with van der Waals surface area (Å²) in [5.74, 6) is 0.0487. The van der Waals surface area contributed by atoms with Crippen molar-refractivity contribution in [3.8, 4) is 28.3 Å². The lowest BCUT2D eigenvalue weighted by atomic mass is 10.0. The molecule has 7 heteroatoms. The Morgan fingerprint density at radius 1 is 0.906 bits per heavy atom. The predicted molar refractivity (Wildman–Crippen MR) is 117 cm³/mol. The van der Waals surface area contributed by atoms with E-state index in [2.05, 4.69) is 9.97 Å². The summed E-state index contributed by atoms with van der Waals surface area (Å²) >= 11 is 0. The summed E-state index contributed by atoms with van der Waals surface area (Å²) in [5, 5.41) is 9.88. The zero-order valence-electron chi connectivity index (χ0n) is 17.1. The van der Waals surface area contributed by atoms with E-state index in [-0.39, 0.29) is 30.6 Å². The van der Waals surface area contributed by atoms with Gasteiger partial charge in [0.1, 0.15) is 24.0 Å². The van der Waals surface area contributed by atoms with Gasteiger partial charge in [-0.15, -0.1) is 0 Å². The molecular weight excluding hydrogens is 411 g/mol. The molecule has 4 atom stereocenters. The van der Waals surface area contributed by atoms with Crippen LogP contribution in [0.2, 0.25) is 0 Å². The van der Waals surface area contributed by atoms with Crippen molar-refractivity contribution in [2.75, 3.05) is 13.2 Å². The number of aliphatic hydroxyl groups is 1. The summed E-state index contributed by atoms with van der Waals surface area (Å²) in [6, 6.07) is 20.9. The monoisotopic (exact) mass is 432 g/mol. The smallest absolute Gasteiger partial charge is 0.193 e. The molecule has 0 amide bonds. The van der Waals surface area contributed by atoms with Crippen molar-refractivity contribution in [1.29, 1.82) is 0 Å². The standard InChI is InChI=1S/C25H21FN2O4/c26-17-10-18-19(11-22(27-18)32-21-13-31-24-20(29)12-30-25(21)24)28-23(17)16-8-6-15(7-9-16)14-4-2-1-3-5-14/h1-11,20-21,24-25,27,29H,12-13H2/t20-,21-,24?,25?/m1/s1. The molecule has 0 bridgehead atoms. The molecule has 0 spiro atoms. The minimum Gasteiger partial charge on any atom is -0.470 e. The number of benzene rings is 2. The minimum atomic E-state index is -0.636. The van der Waals surface area contributed by atoms with Gasteiger partial charge in [-0.2, -0.15) is 0 Å². The summed E-state index contributed by atoms with van der Waals surface area (Å²) in [7, 11) is 0. The fourth-order valence-corrected chi connectivity index (χ4v) is 4.43. The van der Waals surface area contributed by atoms with Gasteiger partial charge in [0.25, 0.3) is 0 Å². The molecule has 2 N–H and O–H groups in total. The Morgan fingerprint density at radius 3 is 2.44 bits per heavy atom. The molecule has 162 valence electrons. The number of H-pyrrole nitrogens is 1. The molecule has 0 radical (unpaired) electrons. The van der Waals surface area contributed by atoms with Crippen molar-refractivity contribution in [1.82, 2.24) is 9.97 Å². The number of hydrogen-bond acceptors (Lipinski definition) is 5. The summed E-state index contributed by atoms with van der Waals surface area (Å²) in [5.41, 5.74) is 4.30. The number of pyridine rings is 1. The van der Waals surface area contributed by atoms with E-state index >= 15 is 0 Å². The van der Waals surface area contributed by atoms with Crippen LogP contribution in [-0.4, -0.2) is 52.7 Å². The SMILES string of the molecule is O[C@@H]1COC2C1OC[C@H]2Oc1cc2nc(-c3ccc(-c4ccccc4)cc3)c(F)cc2[nH]1. The van der Waals surface area contributed by atoms with Crippen molar-refractivity contribution in [3.05, 3.63) is 72.5 Å². The van der Waals surface area contributed by atoms with Gasteiger partial charge in [-0.3, -0.25) is 0 Å². The Kier molecular flexibility index (Phi) is 4.68. The molecule has 2 saturated heterocycles. The molecule has 2 aromatic carbocycles. The van der Waals surface area contributed by atoms with E-state index in [1.165, 1.54) is 6.07 Å². The number of aromatic amines is 1. The average Bonchev–Trinajstić information content (AvgIpc) is 3.51. The Morgan fingerprint density at radius 2 is 1.62 bits per heavy atom. The van der Waals surface area contributed by atoms with Crippen LogP contribution >= 0.6 is 0 Å². The van der Waals surface area contributed by atoms with Crippen LogP contribution in [-0.2, 0) is 9.47 Å². The minimum absolute atomic E-state index is 0.237. The van der Waals surface area contributed by atoms with E-state index < -0.39 is 11.9 Å². The first-order valence-corrected chi connectivity index (χ1v) is 10.6. The molecule has 0 saturated carbocycles. The highest BCUT2D eigenvalue weighted by Crippen LogP contribution is 2.32. The molecule has 2 aromatic heterocycles. The van der Waals surface area contributed by atoms with Crippen molar-refractivity contribution in [3.63, 3.8) is 0 Å². The number of aromatic nitrogens is 2. The number of fused-ring (bicyclic) bond motifs is 2. The second kappa shape index (κ2) is 7.70. The first-order chi connectivity index (χ1) is 15.7. The van der Waals surface area contributed by atoms with Crippen LogP contribution in [0, 0.1) is 5.82 Å². The summed E-state index contributed by atoms with van der Waals surface area (Å²) < 4.78 is 32.1. The van der Waals surface area contributed by atoms with Gasteiger partial charge in [-0.25, -0.2) is 9.37 Å². The maximum Gasteiger partial charge on any atom is 0.193 e. The van der Waals surface area contributed by atoms with Crippen LogP contribution in [0.1, 0.15) is 0 Å². The Balaban J connectivity index is 1.26. The summed E-state index contributed by atoms with van der Waals surface area (Å²) in [6.45, 7) is 0.559. The second-order valence-corrected chi connectivity index (χ2v) is 8.15. The van der Waals surface area contributed by atoms with Crippen molar-refractivity contribution >= 4 is 11.0 Å². The lowest BCUT2D eigenvalue weighted by Gasteiger charge is -2.16. The topological polar surface area (TPSA) is 76.6 Å². The first kappa shape index (κ1) is 19.4. The van der Waals surface area contributed by atoms with E-state index in [1.54, 1.807) is 6.07 Å². The zero-order valence-corrected chi connectivity index (χ0v) is 17.1. The maximum absolute atomic E-state index is 14.9. The highest BCUT2D eigenvalue weighted by molar-refractivity contribution is 5.81. The number of rotatable bonds is 4. The average molecular weight is 432 g/mol. The van der Waals surface area contributed by atoms with E-state index in [0.717, 1.165) is 11.1 Å². The maximum atomic E-state index is 14.9. The molecular formula is C25H21FN2O4. The van der Waals surface area contributed by atoms with Gasteiger partial charge < -0.3 is 24.3 Å². The third-order valence-electron chi connectivity index (χ3n) is 6.06. The van der Waals surface area contributed by atoms with Gasteiger partial charge in [-0.1, -0.05) is 54.6 Å². The zero-order chi connectivity index (χ0) is 21.7. The van der Waals surface area contributed by atoms with E-state index in [1.807, 2.05) is 54.6 Å². The van der Waals surface area contributed by atoms with Crippen LogP contribution in [0.5, 0.6) is 5.88 Å². The number of nitrogens with one attached hydrogen (secondary N) is 1. The second-order valence-electron chi connectivity index (χ2n) is 8.15. The van der Waals surface area contributed by atoms with Crippen LogP contribution in [0.4, 0.5) is 4.39 Å². The fourth-order valence-electron chi connectivity index (χ4n) is 4.43. The van der Waals surface area contributed by atoms with Crippen molar-refractivity contribution in [2.24, 2.45) is 0 Å². The van der Waals surface area contributed by atoms with Crippen molar-refractivity contribution in [2.45, 2.75) is 24.4 Å². The fraction of sp³-hybridized carbons (Fsp3) is 0.240. The normalized spacial score (nSPS) is 24.7. The van der Waals surface area contributed by atoms with Gasteiger partial charge in [0.15, 0.2) is 17.8 Å². The highest BCUT2D eigenvalue weighted by atomic mass is 19.1. The van der Waals surface area contributed by atoms with E-state index in [4.69, 9.17) is 14.2 Å². The molecule has 6 rings (SSSR count). The molecule has 2 unspecified atom stereocenters. The predicted octanol–water partition coefficient (Wildman–Crippen LogP) is 3.94. The van der Waals surface area contributed by atoms with E-state index in [9.17, 15) is 9.50 Å². The number of hydrogen-bond donors (Lipinski definition) is 2. The lowest BCUT2D eigenvalue weighted by Crippen LogP contribution is -2.34. The molecule has 32 heavy (non-hydrogen) atoms. The van der Waals surface area contributed by atoms with Gasteiger partial charge in [-0.05, 0) is 11.1 Å². The van der Waals surface area contributed by atoms with Crippen LogP contribution < -0.4 is 4.74 Å². The molecule has 2 aliphatic rings. The summed E-state index contributed by atoms with van der Waals surface area (Å²) in [4.78, 5) is 7.60. The van der Waals surface area contributed by atoms with Crippen molar-refractivity contribution < 1.29 is 23.7 Å². The first-order valence-electron chi connectivity index (χ1n) is 10.6. The third-order valence-corrected chi connectivity index (χ3v) is 6.06. The Bertz CT molecular complexity index is 1260. The highest BCUT2D eigenvalue weighted by Gasteiger charge is 2.48. The van der Waals surface area contributed by atoms with Crippen LogP contribution in [0.15, 0.2) is 66.7 Å². The Labute approximate surface area is 183 Å².